The zero-order valence-electron chi connectivity index (χ0n) is 17.7. The van der Waals surface area contributed by atoms with Crippen molar-refractivity contribution in [2.45, 2.75) is 39.0 Å². The lowest BCUT2D eigenvalue weighted by Crippen LogP contribution is -2.41. The van der Waals surface area contributed by atoms with E-state index in [4.69, 9.17) is 21.1 Å². The Labute approximate surface area is 201 Å². The molecule has 0 aliphatic heterocycles. The molecule has 0 bridgehead atoms. The fraction of sp³-hybridized carbons (Fsp3) is 0.240. The average molecular weight is 550 g/mol. The van der Waals surface area contributed by atoms with Gasteiger partial charge in [-0.05, 0) is 66.5 Å². The van der Waals surface area contributed by atoms with Crippen LogP contribution in [0, 0.1) is 3.57 Å². The summed E-state index contributed by atoms with van der Waals surface area (Å²) < 4.78 is 12.9. The molecule has 0 heterocycles. The Morgan fingerprint density at radius 3 is 2.39 bits per heavy atom. The molecular formula is C25H25ClINO3. The maximum atomic E-state index is 12.4. The van der Waals surface area contributed by atoms with Crippen LogP contribution in [0.3, 0.4) is 0 Å². The van der Waals surface area contributed by atoms with Crippen LogP contribution in [0.25, 0.3) is 10.8 Å². The van der Waals surface area contributed by atoms with E-state index in [1.165, 1.54) is 5.54 Å². The first kappa shape index (κ1) is 23.4. The van der Waals surface area contributed by atoms with Gasteiger partial charge in [0.25, 0.3) is 0 Å². The van der Waals surface area contributed by atoms with E-state index in [1.54, 1.807) is 6.08 Å². The monoisotopic (exact) mass is 549 g/mol. The minimum Gasteiger partial charge on any atom is -0.488 e. The van der Waals surface area contributed by atoms with Gasteiger partial charge < -0.3 is 14.8 Å². The van der Waals surface area contributed by atoms with Gasteiger partial charge in [0, 0.05) is 25.6 Å². The van der Waals surface area contributed by atoms with E-state index in [9.17, 15) is 4.79 Å². The number of fused-ring (bicyclic) bond motifs is 1. The fourth-order valence-electron chi connectivity index (χ4n) is 3.11. The molecule has 0 aliphatic carbocycles. The summed E-state index contributed by atoms with van der Waals surface area (Å²) in [6.45, 7) is 6.13. The molecule has 3 aromatic rings. The Morgan fingerprint density at radius 2 is 1.74 bits per heavy atom. The van der Waals surface area contributed by atoms with Crippen molar-refractivity contribution >= 4 is 51.1 Å². The van der Waals surface area contributed by atoms with Gasteiger partial charge in [-0.1, -0.05) is 66.2 Å². The number of hydrogen-bond acceptors (Lipinski definition) is 3. The van der Waals surface area contributed by atoms with Gasteiger partial charge in [0.1, 0.15) is 18.5 Å². The fourth-order valence-corrected chi connectivity index (χ4v) is 4.18. The number of rotatable bonds is 6. The normalized spacial score (nSPS) is 12.7. The van der Waals surface area contributed by atoms with Crippen LogP contribution < -0.4 is 10.1 Å². The van der Waals surface area contributed by atoms with Crippen LogP contribution >= 0.6 is 34.2 Å². The molecule has 0 spiro atoms. The minimum atomic E-state index is -0.657. The lowest BCUT2D eigenvalue weighted by molar-refractivity contribution is 0.112. The smallest absolute Gasteiger partial charge is 0.408 e. The molecule has 6 heteroatoms. The molecular weight excluding hydrogens is 525 g/mol. The van der Waals surface area contributed by atoms with Crippen LogP contribution in [0.2, 0.25) is 0 Å². The Balaban J connectivity index is 1.99. The maximum Gasteiger partial charge on any atom is 0.408 e. The summed E-state index contributed by atoms with van der Waals surface area (Å²) in [7, 11) is 0. The molecule has 0 radical (unpaired) electrons. The SMILES string of the molecule is CC(C)(C)NC(=O)OC(/C=C/Cl)c1cc(OCc2ccccc2)c2ccccc2c1I. The van der Waals surface area contributed by atoms with Crippen molar-refractivity contribution in [3.63, 3.8) is 0 Å². The van der Waals surface area contributed by atoms with Crippen molar-refractivity contribution in [2.24, 2.45) is 0 Å². The zero-order valence-corrected chi connectivity index (χ0v) is 20.6. The quantitative estimate of drug-likeness (QED) is 0.327. The highest BCUT2D eigenvalue weighted by Gasteiger charge is 2.23. The summed E-state index contributed by atoms with van der Waals surface area (Å²) in [6.07, 6.45) is 0.482. The summed E-state index contributed by atoms with van der Waals surface area (Å²) in [4.78, 5) is 12.4. The third kappa shape index (κ3) is 6.37. The molecule has 1 amide bonds. The number of nitrogens with one attached hydrogen (secondary N) is 1. The maximum absolute atomic E-state index is 12.4. The molecule has 1 unspecified atom stereocenters. The molecule has 1 atom stereocenters. The van der Waals surface area contributed by atoms with Crippen molar-refractivity contribution in [3.8, 4) is 5.75 Å². The second kappa shape index (κ2) is 10.4. The van der Waals surface area contributed by atoms with Gasteiger partial charge in [0.2, 0.25) is 0 Å². The highest BCUT2D eigenvalue weighted by atomic mass is 127. The Bertz CT molecular complexity index is 1080. The Morgan fingerprint density at radius 1 is 1.10 bits per heavy atom. The highest BCUT2D eigenvalue weighted by Crippen LogP contribution is 2.37. The van der Waals surface area contributed by atoms with Crippen LogP contribution in [0.1, 0.15) is 38.0 Å². The van der Waals surface area contributed by atoms with Crippen LogP contribution in [0.5, 0.6) is 5.75 Å². The molecule has 0 saturated carbocycles. The largest absolute Gasteiger partial charge is 0.488 e. The van der Waals surface area contributed by atoms with Gasteiger partial charge in [0.05, 0.1) is 0 Å². The lowest BCUT2D eigenvalue weighted by atomic mass is 10.0. The number of hydrogen-bond donors (Lipinski definition) is 1. The van der Waals surface area contributed by atoms with E-state index in [2.05, 4.69) is 27.9 Å². The van der Waals surface area contributed by atoms with Crippen LogP contribution in [0.15, 0.2) is 72.3 Å². The van der Waals surface area contributed by atoms with Crippen molar-refractivity contribution in [2.75, 3.05) is 0 Å². The summed E-state index contributed by atoms with van der Waals surface area (Å²) in [5.41, 5.74) is 2.84. The molecule has 31 heavy (non-hydrogen) atoms. The molecule has 0 aromatic heterocycles. The lowest BCUT2D eigenvalue weighted by Gasteiger charge is -2.24. The van der Waals surface area contributed by atoms with Crippen LogP contribution in [0.4, 0.5) is 4.79 Å². The van der Waals surface area contributed by atoms with E-state index in [1.807, 2.05) is 81.4 Å². The van der Waals surface area contributed by atoms with Crippen molar-refractivity contribution in [1.29, 1.82) is 0 Å². The third-order valence-corrected chi connectivity index (χ3v) is 5.82. The molecule has 3 rings (SSSR count). The highest BCUT2D eigenvalue weighted by molar-refractivity contribution is 14.1. The second-order valence-corrected chi connectivity index (χ2v) is 9.45. The summed E-state index contributed by atoms with van der Waals surface area (Å²) >= 11 is 8.17. The van der Waals surface area contributed by atoms with E-state index < -0.39 is 17.7 Å². The Kier molecular flexibility index (Phi) is 7.84. The minimum absolute atomic E-state index is 0.410. The molecule has 4 nitrogen and oxygen atoms in total. The van der Waals surface area contributed by atoms with Gasteiger partial charge in [0.15, 0.2) is 0 Å². The number of ether oxygens (including phenoxy) is 2. The van der Waals surface area contributed by atoms with E-state index in [0.717, 1.165) is 31.2 Å². The topological polar surface area (TPSA) is 47.6 Å². The first-order valence-corrected chi connectivity index (χ1v) is 11.4. The third-order valence-electron chi connectivity index (χ3n) is 4.47. The Hall–Kier alpha value is -2.25. The van der Waals surface area contributed by atoms with Crippen molar-refractivity contribution in [3.05, 3.63) is 87.0 Å². The zero-order chi connectivity index (χ0) is 22.4. The number of amides is 1. The van der Waals surface area contributed by atoms with Crippen LogP contribution in [-0.4, -0.2) is 11.6 Å². The molecule has 0 fully saturated rings. The number of alkyl carbamates (subject to hydrolysis) is 1. The average Bonchev–Trinajstić information content (AvgIpc) is 2.72. The predicted molar refractivity (Wildman–Crippen MR) is 135 cm³/mol. The predicted octanol–water partition coefficient (Wildman–Crippen LogP) is 7.34. The second-order valence-electron chi connectivity index (χ2n) is 8.12. The standard InChI is InChI=1S/C25H25ClINO3/c1-25(2,3)28-24(29)31-21(13-14-26)20-15-22(30-16-17-9-5-4-6-10-17)18-11-7-8-12-19(18)23(20)27/h4-15,21H,16H2,1-3H3,(H,28,29)/b14-13+. The number of halogens is 2. The number of carbonyl (C=O) groups excluding carboxylic acids is 1. The van der Waals surface area contributed by atoms with Gasteiger partial charge in [-0.25, -0.2) is 4.79 Å². The van der Waals surface area contributed by atoms with Gasteiger partial charge in [-0.3, -0.25) is 0 Å². The summed E-state index contributed by atoms with van der Waals surface area (Å²) in [6, 6.07) is 19.9. The first-order valence-electron chi connectivity index (χ1n) is 9.92. The van der Waals surface area contributed by atoms with E-state index in [-0.39, 0.29) is 0 Å². The van der Waals surface area contributed by atoms with Gasteiger partial charge in [-0.2, -0.15) is 0 Å². The van der Waals surface area contributed by atoms with Gasteiger partial charge in [-0.15, -0.1) is 0 Å². The van der Waals surface area contributed by atoms with Gasteiger partial charge >= 0.3 is 6.09 Å². The molecule has 3 aromatic carbocycles. The molecule has 162 valence electrons. The van der Waals surface area contributed by atoms with Crippen molar-refractivity contribution in [1.82, 2.24) is 5.32 Å². The molecule has 0 saturated heterocycles. The van der Waals surface area contributed by atoms with E-state index in [0.29, 0.717) is 6.61 Å². The number of carbonyl (C=O) groups is 1. The van der Waals surface area contributed by atoms with Crippen LogP contribution in [-0.2, 0) is 11.3 Å². The first-order chi connectivity index (χ1) is 14.8. The van der Waals surface area contributed by atoms with Crippen molar-refractivity contribution < 1.29 is 14.3 Å². The number of benzene rings is 3. The summed E-state index contributed by atoms with van der Waals surface area (Å²) in [5, 5.41) is 4.85. The van der Waals surface area contributed by atoms with E-state index >= 15 is 0 Å². The molecule has 1 N–H and O–H groups in total. The summed E-state index contributed by atoms with van der Waals surface area (Å²) in [5.74, 6) is 0.725. The molecule has 0 aliphatic rings.